The van der Waals surface area contributed by atoms with Crippen molar-refractivity contribution < 1.29 is 0 Å². The summed E-state index contributed by atoms with van der Waals surface area (Å²) in [5, 5.41) is 7.06. The van der Waals surface area contributed by atoms with E-state index >= 15 is 0 Å². The molecule has 0 amide bonds. The van der Waals surface area contributed by atoms with E-state index in [1.807, 2.05) is 18.2 Å². The third-order valence-electron chi connectivity index (χ3n) is 3.60. The molecule has 0 spiro atoms. The van der Waals surface area contributed by atoms with Gasteiger partial charge < -0.3 is 5.32 Å². The minimum absolute atomic E-state index is 0.388. The van der Waals surface area contributed by atoms with E-state index in [0.29, 0.717) is 16.1 Å². The Bertz CT molecular complexity index is 825. The highest BCUT2D eigenvalue weighted by Crippen LogP contribution is 2.35. The Hall–Kier alpha value is -1.70. The molecule has 3 rings (SSSR count). The van der Waals surface area contributed by atoms with Crippen LogP contribution in [0.2, 0.25) is 10.0 Å². The molecule has 0 fully saturated rings. The summed E-state index contributed by atoms with van der Waals surface area (Å²) >= 11 is 12.2. The van der Waals surface area contributed by atoms with Gasteiger partial charge in [0.1, 0.15) is 0 Å². The van der Waals surface area contributed by atoms with Gasteiger partial charge in [0.25, 0.3) is 0 Å². The molecule has 3 heteroatoms. The van der Waals surface area contributed by atoms with Crippen molar-refractivity contribution in [1.82, 2.24) is 0 Å². The van der Waals surface area contributed by atoms with Crippen LogP contribution in [-0.2, 0) is 0 Å². The third kappa shape index (κ3) is 2.92. The summed E-state index contributed by atoms with van der Waals surface area (Å²) in [6.45, 7) is 4.28. The van der Waals surface area contributed by atoms with E-state index in [0.717, 1.165) is 16.8 Å². The van der Waals surface area contributed by atoms with E-state index < -0.39 is 0 Å². The van der Waals surface area contributed by atoms with Crippen molar-refractivity contribution in [2.24, 2.45) is 0 Å². The fourth-order valence-corrected chi connectivity index (χ4v) is 2.95. The highest BCUT2D eigenvalue weighted by Gasteiger charge is 2.09. The van der Waals surface area contributed by atoms with Crippen LogP contribution >= 0.6 is 23.2 Å². The number of fused-ring (bicyclic) bond motifs is 1. The second-order valence-corrected chi connectivity index (χ2v) is 6.45. The zero-order valence-electron chi connectivity index (χ0n) is 12.5. The molecule has 1 nitrogen and oxygen atoms in total. The number of nitrogens with one attached hydrogen (secondary N) is 1. The first kappa shape index (κ1) is 15.2. The zero-order chi connectivity index (χ0) is 15.7. The molecule has 0 heterocycles. The fraction of sp³-hybridized carbons (Fsp3) is 0.158. The summed E-state index contributed by atoms with van der Waals surface area (Å²) in [6.07, 6.45) is 0. The van der Waals surface area contributed by atoms with Crippen molar-refractivity contribution >= 4 is 39.7 Å². The second kappa shape index (κ2) is 6.20. The maximum Gasteiger partial charge on any atom is 0.0598 e. The number of hydrogen-bond acceptors (Lipinski definition) is 1. The third-order valence-corrected chi connectivity index (χ3v) is 4.34. The summed E-state index contributed by atoms with van der Waals surface area (Å²) < 4.78 is 0. The van der Waals surface area contributed by atoms with Gasteiger partial charge in [-0.1, -0.05) is 59.6 Å². The molecule has 0 atom stereocenters. The Morgan fingerprint density at radius 2 is 1.55 bits per heavy atom. The fourth-order valence-electron chi connectivity index (χ4n) is 2.65. The summed E-state index contributed by atoms with van der Waals surface area (Å²) in [7, 11) is 0. The molecule has 0 saturated heterocycles. The average Bonchev–Trinajstić information content (AvgIpc) is 2.50. The maximum absolute atomic E-state index is 6.17. The summed E-state index contributed by atoms with van der Waals surface area (Å²) in [5.74, 6) is 0. The van der Waals surface area contributed by atoms with E-state index in [1.54, 1.807) is 0 Å². The van der Waals surface area contributed by atoms with Gasteiger partial charge >= 0.3 is 0 Å². The lowest BCUT2D eigenvalue weighted by atomic mass is 9.97. The summed E-state index contributed by atoms with van der Waals surface area (Å²) in [5.41, 5.74) is 3.37. The van der Waals surface area contributed by atoms with Crippen molar-refractivity contribution in [3.05, 3.63) is 64.6 Å². The molecule has 0 bridgehead atoms. The molecule has 0 aliphatic rings. The smallest absolute Gasteiger partial charge is 0.0598 e. The van der Waals surface area contributed by atoms with Crippen molar-refractivity contribution in [3.63, 3.8) is 0 Å². The zero-order valence-corrected chi connectivity index (χ0v) is 14.0. The highest BCUT2D eigenvalue weighted by molar-refractivity contribution is 6.42. The predicted molar refractivity (Wildman–Crippen MR) is 98.2 cm³/mol. The van der Waals surface area contributed by atoms with Gasteiger partial charge in [-0.15, -0.1) is 0 Å². The van der Waals surface area contributed by atoms with Gasteiger partial charge in [-0.2, -0.15) is 0 Å². The lowest BCUT2D eigenvalue weighted by Crippen LogP contribution is -2.09. The summed E-state index contributed by atoms with van der Waals surface area (Å²) in [4.78, 5) is 0. The van der Waals surface area contributed by atoms with Gasteiger partial charge in [-0.05, 0) is 48.6 Å². The van der Waals surface area contributed by atoms with Gasteiger partial charge in [0, 0.05) is 17.1 Å². The van der Waals surface area contributed by atoms with E-state index in [2.05, 4.69) is 55.6 Å². The quantitative estimate of drug-likeness (QED) is 0.568. The van der Waals surface area contributed by atoms with Gasteiger partial charge in [-0.3, -0.25) is 0 Å². The van der Waals surface area contributed by atoms with Gasteiger partial charge in [0.15, 0.2) is 0 Å². The standard InChI is InChI=1S/C19H17Cl2N/c1-12(2)22-19-10-8-14(15-5-3-4-6-16(15)19)13-7-9-17(20)18(21)11-13/h3-12,22H,1-2H3. The van der Waals surface area contributed by atoms with E-state index in [-0.39, 0.29) is 0 Å². The first-order chi connectivity index (χ1) is 10.6. The maximum atomic E-state index is 6.17. The lowest BCUT2D eigenvalue weighted by molar-refractivity contribution is 0.902. The molecule has 0 aliphatic carbocycles. The molecule has 1 N–H and O–H groups in total. The minimum Gasteiger partial charge on any atom is -0.382 e. The van der Waals surface area contributed by atoms with Crippen LogP contribution < -0.4 is 5.32 Å². The lowest BCUT2D eigenvalue weighted by Gasteiger charge is -2.15. The number of rotatable bonds is 3. The van der Waals surface area contributed by atoms with Gasteiger partial charge in [0.05, 0.1) is 10.0 Å². The molecule has 0 aliphatic heterocycles. The molecule has 3 aromatic rings. The van der Waals surface area contributed by atoms with E-state index in [9.17, 15) is 0 Å². The predicted octanol–water partition coefficient (Wildman–Crippen LogP) is 6.63. The Labute approximate surface area is 140 Å². The van der Waals surface area contributed by atoms with Gasteiger partial charge in [-0.25, -0.2) is 0 Å². The molecule has 0 aromatic heterocycles. The van der Waals surface area contributed by atoms with Crippen molar-refractivity contribution in [2.75, 3.05) is 5.32 Å². The van der Waals surface area contributed by atoms with Gasteiger partial charge in [0.2, 0.25) is 0 Å². The molecule has 3 aromatic carbocycles. The van der Waals surface area contributed by atoms with Crippen LogP contribution in [0, 0.1) is 0 Å². The van der Waals surface area contributed by atoms with Crippen molar-refractivity contribution in [1.29, 1.82) is 0 Å². The van der Waals surface area contributed by atoms with Crippen LogP contribution in [-0.4, -0.2) is 6.04 Å². The average molecular weight is 330 g/mol. The normalized spacial score (nSPS) is 11.1. The second-order valence-electron chi connectivity index (χ2n) is 5.63. The molecule has 112 valence electrons. The molecule has 0 unspecified atom stereocenters. The monoisotopic (exact) mass is 329 g/mol. The Kier molecular flexibility index (Phi) is 4.28. The first-order valence-electron chi connectivity index (χ1n) is 7.30. The Morgan fingerprint density at radius 3 is 2.23 bits per heavy atom. The molecule has 22 heavy (non-hydrogen) atoms. The van der Waals surface area contributed by atoms with Crippen LogP contribution in [0.5, 0.6) is 0 Å². The SMILES string of the molecule is CC(C)Nc1ccc(-c2ccc(Cl)c(Cl)c2)c2ccccc12. The van der Waals surface area contributed by atoms with E-state index in [1.165, 1.54) is 10.8 Å². The van der Waals surface area contributed by atoms with Crippen LogP contribution in [0.4, 0.5) is 5.69 Å². The van der Waals surface area contributed by atoms with E-state index in [4.69, 9.17) is 23.2 Å². The molecule has 0 radical (unpaired) electrons. The largest absolute Gasteiger partial charge is 0.382 e. The number of hydrogen-bond donors (Lipinski definition) is 1. The van der Waals surface area contributed by atoms with Crippen molar-refractivity contribution in [3.8, 4) is 11.1 Å². The number of halogens is 2. The topological polar surface area (TPSA) is 12.0 Å². The first-order valence-corrected chi connectivity index (χ1v) is 8.05. The Morgan fingerprint density at radius 1 is 0.818 bits per heavy atom. The van der Waals surface area contributed by atoms with Crippen LogP contribution in [0.3, 0.4) is 0 Å². The van der Waals surface area contributed by atoms with Crippen molar-refractivity contribution in [2.45, 2.75) is 19.9 Å². The van der Waals surface area contributed by atoms with Crippen LogP contribution in [0.15, 0.2) is 54.6 Å². The number of anilines is 1. The molecular formula is C19H17Cl2N. The molecular weight excluding hydrogens is 313 g/mol. The number of benzene rings is 3. The molecule has 0 saturated carbocycles. The summed E-state index contributed by atoms with van der Waals surface area (Å²) in [6, 6.07) is 18.8. The van der Waals surface area contributed by atoms with Crippen LogP contribution in [0.25, 0.3) is 21.9 Å². The van der Waals surface area contributed by atoms with Crippen LogP contribution in [0.1, 0.15) is 13.8 Å². The highest BCUT2D eigenvalue weighted by atomic mass is 35.5. The minimum atomic E-state index is 0.388. The Balaban J connectivity index is 2.21.